The Kier molecular flexibility index (Phi) is 9.92. The monoisotopic (exact) mass is 495 g/mol. The van der Waals surface area contributed by atoms with Crippen LogP contribution < -0.4 is 10.6 Å². The Morgan fingerprint density at radius 2 is 2.12 bits per heavy atom. The lowest BCUT2D eigenvalue weighted by Gasteiger charge is -2.13. The maximum absolute atomic E-state index is 12.9. The molecule has 26 heavy (non-hydrogen) atoms. The second-order valence-corrected chi connectivity index (χ2v) is 6.24. The molecule has 0 aliphatic heterocycles. The molecule has 0 aliphatic rings. The summed E-state index contributed by atoms with van der Waals surface area (Å²) in [5, 5.41) is 6.17. The molecule has 2 rings (SSSR count). The van der Waals surface area contributed by atoms with E-state index in [1.165, 1.54) is 22.9 Å². The fourth-order valence-corrected chi connectivity index (χ4v) is 3.01. The molecule has 2 N–H and O–H groups in total. The topological polar surface area (TPSA) is 54.2 Å². The number of hydrogen-bond donors (Lipinski definition) is 2. The number of hydrogen-bond acceptors (Lipinski definition) is 3. The number of guanidine groups is 1. The molecule has 0 atom stereocenters. The minimum atomic E-state index is -2.60. The Bertz CT molecular complexity index is 721. The number of benzene rings is 1. The summed E-state index contributed by atoms with van der Waals surface area (Å²) < 4.78 is 26.6. The Morgan fingerprint density at radius 3 is 2.77 bits per heavy atom. The van der Waals surface area contributed by atoms with Crippen molar-refractivity contribution in [2.45, 2.75) is 38.4 Å². The molecule has 0 fully saturated rings. The van der Waals surface area contributed by atoms with Crippen LogP contribution in [0.4, 0.5) is 8.78 Å². The van der Waals surface area contributed by atoms with E-state index in [1.807, 2.05) is 13.2 Å². The highest BCUT2D eigenvalue weighted by Gasteiger charge is 2.11. The quantitative estimate of drug-likeness (QED) is 0.262. The average molecular weight is 495 g/mol. The van der Waals surface area contributed by atoms with Crippen LogP contribution in [0.5, 0.6) is 0 Å². The smallest absolute Gasteiger partial charge is 0.319 e. The lowest BCUT2D eigenvalue weighted by Crippen LogP contribution is -2.37. The van der Waals surface area contributed by atoms with Crippen molar-refractivity contribution < 1.29 is 8.78 Å². The highest BCUT2D eigenvalue weighted by molar-refractivity contribution is 14.0. The molecule has 0 saturated carbocycles. The van der Waals surface area contributed by atoms with Crippen molar-refractivity contribution in [1.29, 1.82) is 0 Å². The number of aromatic nitrogens is 2. The Labute approximate surface area is 174 Å². The van der Waals surface area contributed by atoms with Crippen molar-refractivity contribution in [3.8, 4) is 0 Å². The third-order valence-corrected chi connectivity index (χ3v) is 4.39. The van der Waals surface area contributed by atoms with Gasteiger partial charge in [-0.15, -0.1) is 35.7 Å². The van der Waals surface area contributed by atoms with E-state index < -0.39 is 6.55 Å². The molecule has 0 aliphatic carbocycles. The number of aliphatic imine (C=N–C) groups is 1. The lowest BCUT2D eigenvalue weighted by atomic mass is 10.1. The summed E-state index contributed by atoms with van der Waals surface area (Å²) in [5.74, 6) is 0.833. The number of nitrogens with one attached hydrogen (secondary N) is 2. The molecule has 0 spiro atoms. The van der Waals surface area contributed by atoms with E-state index in [9.17, 15) is 8.78 Å². The number of aryl methyl sites for hydroxylation is 1. The predicted molar refractivity (Wildman–Crippen MR) is 114 cm³/mol. The fraction of sp³-hybridized carbons (Fsp3) is 0.412. The second kappa shape index (κ2) is 11.4. The molecule has 0 amide bonds. The van der Waals surface area contributed by atoms with E-state index >= 15 is 0 Å². The van der Waals surface area contributed by atoms with Crippen molar-refractivity contribution >= 4 is 41.7 Å². The van der Waals surface area contributed by atoms with Gasteiger partial charge in [0.1, 0.15) is 5.82 Å². The summed E-state index contributed by atoms with van der Waals surface area (Å²) in [5.41, 5.74) is 2.34. The largest absolute Gasteiger partial charge is 0.357 e. The van der Waals surface area contributed by atoms with Gasteiger partial charge in [-0.05, 0) is 37.3 Å². The van der Waals surface area contributed by atoms with Crippen LogP contribution in [-0.4, -0.2) is 28.3 Å². The normalized spacial score (nSPS) is 11.4. The predicted octanol–water partition coefficient (Wildman–Crippen LogP) is 4.18. The van der Waals surface area contributed by atoms with Crippen molar-refractivity contribution in [3.63, 3.8) is 0 Å². The van der Waals surface area contributed by atoms with Crippen LogP contribution in [0.3, 0.4) is 0 Å². The van der Waals surface area contributed by atoms with E-state index in [4.69, 9.17) is 0 Å². The third kappa shape index (κ3) is 6.42. The van der Waals surface area contributed by atoms with E-state index in [1.54, 1.807) is 11.8 Å². The summed E-state index contributed by atoms with van der Waals surface area (Å²) in [6.45, 7) is 2.77. The van der Waals surface area contributed by atoms with Crippen LogP contribution in [-0.2, 0) is 13.1 Å². The van der Waals surface area contributed by atoms with Crippen LogP contribution in [0, 0.1) is 6.92 Å². The minimum absolute atomic E-state index is 0. The lowest BCUT2D eigenvalue weighted by molar-refractivity contribution is 0.0668. The molecule has 0 bridgehead atoms. The number of rotatable bonds is 7. The molecule has 144 valence electrons. The first kappa shape index (κ1) is 22.7. The summed E-state index contributed by atoms with van der Waals surface area (Å²) in [4.78, 5) is 9.70. The van der Waals surface area contributed by atoms with Crippen molar-refractivity contribution in [3.05, 3.63) is 47.5 Å². The van der Waals surface area contributed by atoms with Gasteiger partial charge in [-0.3, -0.25) is 4.57 Å². The highest BCUT2D eigenvalue weighted by Crippen LogP contribution is 2.22. The maximum Gasteiger partial charge on any atom is 0.319 e. The molecule has 0 saturated heterocycles. The van der Waals surface area contributed by atoms with Crippen LogP contribution in [0.2, 0.25) is 0 Å². The first-order valence-corrected chi connectivity index (χ1v) is 9.23. The SMILES string of the molecule is CCNC(=NCc1ccc(C)cc1SC)NCc1nccn1C(F)F.I. The molecule has 0 unspecified atom stereocenters. The number of imidazole rings is 1. The molecular formula is C17H24F2IN5S. The van der Waals surface area contributed by atoms with Crippen LogP contribution in [0.25, 0.3) is 0 Å². The maximum atomic E-state index is 12.9. The third-order valence-electron chi connectivity index (χ3n) is 3.57. The molecule has 1 aromatic carbocycles. The van der Waals surface area contributed by atoms with Gasteiger partial charge in [-0.1, -0.05) is 12.1 Å². The van der Waals surface area contributed by atoms with Gasteiger partial charge in [0.25, 0.3) is 0 Å². The standard InChI is InChI=1S/C17H23F2N5S.HI/c1-4-20-17(23-11-15-21-7-8-24(15)16(18)19)22-10-13-6-5-12(2)9-14(13)25-3;/h5-9,16H,4,10-11H2,1-3H3,(H2,20,22,23);1H. The van der Waals surface area contributed by atoms with Crippen LogP contribution in [0.1, 0.15) is 30.4 Å². The molecule has 9 heteroatoms. The van der Waals surface area contributed by atoms with Gasteiger partial charge in [-0.2, -0.15) is 8.78 Å². The van der Waals surface area contributed by atoms with Crippen LogP contribution >= 0.6 is 35.7 Å². The van der Waals surface area contributed by atoms with Gasteiger partial charge in [-0.25, -0.2) is 9.98 Å². The summed E-state index contributed by atoms with van der Waals surface area (Å²) >= 11 is 1.68. The molecule has 2 aromatic rings. The van der Waals surface area contributed by atoms with E-state index in [-0.39, 0.29) is 36.3 Å². The van der Waals surface area contributed by atoms with Gasteiger partial charge in [0.15, 0.2) is 5.96 Å². The zero-order valence-corrected chi connectivity index (χ0v) is 18.1. The minimum Gasteiger partial charge on any atom is -0.357 e. The van der Waals surface area contributed by atoms with E-state index in [2.05, 4.69) is 45.7 Å². The summed E-state index contributed by atoms with van der Waals surface area (Å²) in [6.07, 6.45) is 4.67. The second-order valence-electron chi connectivity index (χ2n) is 5.39. The fourth-order valence-electron chi connectivity index (χ4n) is 2.31. The zero-order chi connectivity index (χ0) is 18.2. The van der Waals surface area contributed by atoms with Gasteiger partial charge < -0.3 is 10.6 Å². The summed E-state index contributed by atoms with van der Waals surface area (Å²) in [7, 11) is 0. The van der Waals surface area contributed by atoms with Gasteiger partial charge >= 0.3 is 6.55 Å². The highest BCUT2D eigenvalue weighted by atomic mass is 127. The first-order chi connectivity index (χ1) is 12.0. The molecule has 1 heterocycles. The molecular weight excluding hydrogens is 471 g/mol. The van der Waals surface area contributed by atoms with Gasteiger partial charge in [0.2, 0.25) is 0 Å². The molecule has 5 nitrogen and oxygen atoms in total. The van der Waals surface area contributed by atoms with Crippen LogP contribution in [0.15, 0.2) is 40.5 Å². The zero-order valence-electron chi connectivity index (χ0n) is 15.0. The van der Waals surface area contributed by atoms with E-state index in [0.29, 0.717) is 19.0 Å². The average Bonchev–Trinajstić information content (AvgIpc) is 3.07. The Hall–Kier alpha value is -1.36. The van der Waals surface area contributed by atoms with Crippen molar-refractivity contribution in [1.82, 2.24) is 20.2 Å². The van der Waals surface area contributed by atoms with Gasteiger partial charge in [0.05, 0.1) is 13.1 Å². The van der Waals surface area contributed by atoms with Crippen molar-refractivity contribution in [2.24, 2.45) is 4.99 Å². The molecule has 0 radical (unpaired) electrons. The van der Waals surface area contributed by atoms with E-state index in [0.717, 1.165) is 10.1 Å². The first-order valence-electron chi connectivity index (χ1n) is 8.00. The van der Waals surface area contributed by atoms with Crippen molar-refractivity contribution in [2.75, 3.05) is 12.8 Å². The summed E-state index contributed by atoms with van der Waals surface area (Å²) in [6, 6.07) is 6.26. The Balaban J connectivity index is 0.00000338. The number of nitrogens with zero attached hydrogens (tertiary/aromatic N) is 3. The van der Waals surface area contributed by atoms with Gasteiger partial charge in [0, 0.05) is 23.8 Å². The molecule has 1 aromatic heterocycles. The number of alkyl halides is 2. The Morgan fingerprint density at radius 1 is 1.35 bits per heavy atom. The number of halogens is 3. The number of thioether (sulfide) groups is 1.